The second-order valence-electron chi connectivity index (χ2n) is 7.14. The molecule has 0 aliphatic carbocycles. The highest BCUT2D eigenvalue weighted by molar-refractivity contribution is 5.73. The molecule has 0 N–H and O–H groups in total. The standard InChI is InChI=1S/C18H23NO3/c1-13-11-18(21-15-8-6-5-7-14(13)15)9-10-19(12-18)16(20)22-17(2,3)4/h5-8,11H,9-10,12H2,1-4H3. The molecule has 0 bridgehead atoms. The minimum absolute atomic E-state index is 0.266. The number of para-hydroxylation sites is 1. The maximum absolute atomic E-state index is 12.2. The first-order valence-corrected chi connectivity index (χ1v) is 7.74. The zero-order valence-corrected chi connectivity index (χ0v) is 13.7. The Kier molecular flexibility index (Phi) is 3.42. The van der Waals surface area contributed by atoms with Crippen molar-refractivity contribution >= 4 is 11.7 Å². The summed E-state index contributed by atoms with van der Waals surface area (Å²) in [6.45, 7) is 8.93. The molecule has 1 aromatic rings. The molecule has 4 heteroatoms. The lowest BCUT2D eigenvalue weighted by atomic mass is 9.92. The Morgan fingerprint density at radius 2 is 2.05 bits per heavy atom. The molecule has 2 heterocycles. The highest BCUT2D eigenvalue weighted by Crippen LogP contribution is 2.40. The zero-order chi connectivity index (χ0) is 16.0. The van der Waals surface area contributed by atoms with Gasteiger partial charge in [0.1, 0.15) is 17.0 Å². The minimum Gasteiger partial charge on any atom is -0.481 e. The number of hydrogen-bond donors (Lipinski definition) is 0. The molecular formula is C18H23NO3. The summed E-state index contributed by atoms with van der Waals surface area (Å²) in [7, 11) is 0. The SMILES string of the molecule is CC1=CC2(CCN(C(=O)OC(C)(C)C)C2)Oc2ccccc21. The molecule has 1 spiro atoms. The van der Waals surface area contributed by atoms with Gasteiger partial charge in [-0.3, -0.25) is 0 Å². The second-order valence-corrected chi connectivity index (χ2v) is 7.14. The lowest BCUT2D eigenvalue weighted by Gasteiger charge is -2.33. The van der Waals surface area contributed by atoms with Crippen LogP contribution in [0, 0.1) is 0 Å². The number of rotatable bonds is 0. The van der Waals surface area contributed by atoms with Crippen molar-refractivity contribution in [3.63, 3.8) is 0 Å². The third kappa shape index (κ3) is 2.82. The molecule has 0 saturated carbocycles. The molecule has 1 atom stereocenters. The van der Waals surface area contributed by atoms with Crippen molar-refractivity contribution in [2.24, 2.45) is 0 Å². The number of carbonyl (C=O) groups is 1. The Morgan fingerprint density at radius 1 is 1.32 bits per heavy atom. The Bertz CT molecular complexity index is 629. The number of ether oxygens (including phenoxy) is 2. The maximum Gasteiger partial charge on any atom is 0.410 e. The summed E-state index contributed by atoms with van der Waals surface area (Å²) in [4.78, 5) is 14.0. The van der Waals surface area contributed by atoms with Gasteiger partial charge in [-0.2, -0.15) is 0 Å². The number of amides is 1. The molecule has 2 aliphatic rings. The van der Waals surface area contributed by atoms with E-state index in [1.165, 1.54) is 5.57 Å². The van der Waals surface area contributed by atoms with Gasteiger partial charge in [0, 0.05) is 18.5 Å². The van der Waals surface area contributed by atoms with E-state index in [1.54, 1.807) is 4.90 Å². The highest BCUT2D eigenvalue weighted by atomic mass is 16.6. The number of hydrogen-bond acceptors (Lipinski definition) is 3. The molecule has 1 aromatic carbocycles. The van der Waals surface area contributed by atoms with E-state index in [1.807, 2.05) is 39.0 Å². The molecular weight excluding hydrogens is 278 g/mol. The molecule has 2 aliphatic heterocycles. The monoisotopic (exact) mass is 301 g/mol. The predicted molar refractivity (Wildman–Crippen MR) is 85.9 cm³/mol. The van der Waals surface area contributed by atoms with Gasteiger partial charge >= 0.3 is 6.09 Å². The third-order valence-electron chi connectivity index (χ3n) is 4.02. The number of allylic oxidation sites excluding steroid dienone is 1. The summed E-state index contributed by atoms with van der Waals surface area (Å²) < 4.78 is 11.7. The van der Waals surface area contributed by atoms with E-state index >= 15 is 0 Å². The van der Waals surface area contributed by atoms with Gasteiger partial charge in [-0.15, -0.1) is 0 Å². The molecule has 118 valence electrons. The van der Waals surface area contributed by atoms with Crippen molar-refractivity contribution in [2.75, 3.05) is 13.1 Å². The van der Waals surface area contributed by atoms with Gasteiger partial charge in [0.15, 0.2) is 0 Å². The zero-order valence-electron chi connectivity index (χ0n) is 13.7. The fourth-order valence-corrected chi connectivity index (χ4v) is 3.09. The summed E-state index contributed by atoms with van der Waals surface area (Å²) in [5.74, 6) is 0.897. The van der Waals surface area contributed by atoms with E-state index in [0.717, 1.165) is 17.7 Å². The summed E-state index contributed by atoms with van der Waals surface area (Å²) in [5.41, 5.74) is 1.44. The van der Waals surface area contributed by atoms with Gasteiger partial charge in [0.2, 0.25) is 0 Å². The van der Waals surface area contributed by atoms with Crippen molar-refractivity contribution in [3.8, 4) is 5.75 Å². The number of likely N-dealkylation sites (tertiary alicyclic amines) is 1. The topological polar surface area (TPSA) is 38.8 Å². The molecule has 1 amide bonds. The normalized spacial score (nSPS) is 23.8. The van der Waals surface area contributed by atoms with Crippen LogP contribution in [0.15, 0.2) is 30.3 Å². The van der Waals surface area contributed by atoms with Crippen LogP contribution in [0.1, 0.15) is 39.7 Å². The van der Waals surface area contributed by atoms with Gasteiger partial charge in [-0.1, -0.05) is 18.2 Å². The van der Waals surface area contributed by atoms with Crippen LogP contribution in [0.4, 0.5) is 4.79 Å². The van der Waals surface area contributed by atoms with Gasteiger partial charge < -0.3 is 14.4 Å². The lowest BCUT2D eigenvalue weighted by Crippen LogP contribution is -2.42. The van der Waals surface area contributed by atoms with E-state index in [9.17, 15) is 4.79 Å². The van der Waals surface area contributed by atoms with E-state index in [4.69, 9.17) is 9.47 Å². The van der Waals surface area contributed by atoms with E-state index in [0.29, 0.717) is 13.1 Å². The van der Waals surface area contributed by atoms with E-state index in [-0.39, 0.29) is 6.09 Å². The average Bonchev–Trinajstić information content (AvgIpc) is 2.80. The predicted octanol–water partition coefficient (Wildman–Crippen LogP) is 3.86. The summed E-state index contributed by atoms with van der Waals surface area (Å²) in [6, 6.07) is 8.04. The first kappa shape index (κ1) is 14.9. The molecule has 3 rings (SSSR count). The van der Waals surface area contributed by atoms with Crippen LogP contribution in [-0.4, -0.2) is 35.3 Å². The van der Waals surface area contributed by atoms with Gasteiger partial charge in [0.25, 0.3) is 0 Å². The molecule has 1 saturated heterocycles. The van der Waals surface area contributed by atoms with Gasteiger partial charge in [-0.05, 0) is 45.4 Å². The number of nitrogens with zero attached hydrogens (tertiary/aromatic N) is 1. The van der Waals surface area contributed by atoms with Crippen LogP contribution in [-0.2, 0) is 4.74 Å². The van der Waals surface area contributed by atoms with Crippen LogP contribution >= 0.6 is 0 Å². The number of benzene rings is 1. The Hall–Kier alpha value is -1.97. The summed E-state index contributed by atoms with van der Waals surface area (Å²) in [5, 5.41) is 0. The molecule has 1 unspecified atom stereocenters. The second kappa shape index (κ2) is 5.04. The fraction of sp³-hybridized carbons (Fsp3) is 0.500. The summed E-state index contributed by atoms with van der Waals surface area (Å²) in [6.07, 6.45) is 2.68. The maximum atomic E-state index is 12.2. The first-order chi connectivity index (χ1) is 10.3. The van der Waals surface area contributed by atoms with Crippen LogP contribution in [0.5, 0.6) is 5.75 Å². The molecule has 0 radical (unpaired) electrons. The van der Waals surface area contributed by atoms with Crippen molar-refractivity contribution in [3.05, 3.63) is 35.9 Å². The smallest absolute Gasteiger partial charge is 0.410 e. The van der Waals surface area contributed by atoms with Crippen LogP contribution in [0.25, 0.3) is 5.57 Å². The van der Waals surface area contributed by atoms with Crippen LogP contribution in [0.3, 0.4) is 0 Å². The number of carbonyl (C=O) groups excluding carboxylic acids is 1. The molecule has 0 aromatic heterocycles. The summed E-state index contributed by atoms with van der Waals surface area (Å²) >= 11 is 0. The third-order valence-corrected chi connectivity index (χ3v) is 4.02. The van der Waals surface area contributed by atoms with Crippen molar-refractivity contribution in [2.45, 2.75) is 45.3 Å². The number of fused-ring (bicyclic) bond motifs is 1. The van der Waals surface area contributed by atoms with Crippen molar-refractivity contribution < 1.29 is 14.3 Å². The van der Waals surface area contributed by atoms with Crippen LogP contribution < -0.4 is 4.74 Å². The first-order valence-electron chi connectivity index (χ1n) is 7.74. The average molecular weight is 301 g/mol. The quantitative estimate of drug-likeness (QED) is 0.730. The van der Waals surface area contributed by atoms with E-state index in [2.05, 4.69) is 19.1 Å². The fourth-order valence-electron chi connectivity index (χ4n) is 3.09. The van der Waals surface area contributed by atoms with Crippen LogP contribution in [0.2, 0.25) is 0 Å². The Balaban J connectivity index is 1.78. The largest absolute Gasteiger partial charge is 0.481 e. The highest BCUT2D eigenvalue weighted by Gasteiger charge is 2.43. The lowest BCUT2D eigenvalue weighted by molar-refractivity contribution is 0.0248. The molecule has 22 heavy (non-hydrogen) atoms. The Morgan fingerprint density at radius 3 is 2.77 bits per heavy atom. The Labute approximate surface area is 131 Å². The molecule has 4 nitrogen and oxygen atoms in total. The van der Waals surface area contributed by atoms with Gasteiger partial charge in [0.05, 0.1) is 6.54 Å². The van der Waals surface area contributed by atoms with Crippen molar-refractivity contribution in [1.82, 2.24) is 4.90 Å². The van der Waals surface area contributed by atoms with E-state index < -0.39 is 11.2 Å². The van der Waals surface area contributed by atoms with Gasteiger partial charge in [-0.25, -0.2) is 4.79 Å². The minimum atomic E-state index is -0.474. The van der Waals surface area contributed by atoms with Crippen molar-refractivity contribution in [1.29, 1.82) is 0 Å². The molecule has 1 fully saturated rings.